The Balaban J connectivity index is 1.90. The number of hydrogen-bond acceptors (Lipinski definition) is 4. The van der Waals surface area contributed by atoms with Gasteiger partial charge in [-0.05, 0) is 38.8 Å². The second-order valence-corrected chi connectivity index (χ2v) is 7.16. The van der Waals surface area contributed by atoms with Crippen LogP contribution < -0.4 is 11.2 Å². The zero-order valence-corrected chi connectivity index (χ0v) is 15.7. The number of nitrogens with zero attached hydrogens (tertiary/aromatic N) is 5. The molecule has 1 aliphatic rings. The number of rotatable bonds is 3. The molecule has 140 valence electrons. The summed E-state index contributed by atoms with van der Waals surface area (Å²) in [5, 5.41) is 4.42. The SMILES string of the molecule is CC(C)n1c(C2CCCN(C(=O)c3cccn(C)c3=O)C2)nn(C)c1=O. The van der Waals surface area contributed by atoms with Gasteiger partial charge in [0.2, 0.25) is 0 Å². The molecule has 0 N–H and O–H groups in total. The van der Waals surface area contributed by atoms with Crippen molar-refractivity contribution in [2.24, 2.45) is 14.1 Å². The average molecular weight is 359 g/mol. The molecule has 3 heterocycles. The molecular weight excluding hydrogens is 334 g/mol. The molecule has 0 radical (unpaired) electrons. The lowest BCUT2D eigenvalue weighted by Gasteiger charge is -2.32. The molecule has 0 aliphatic carbocycles. The van der Waals surface area contributed by atoms with E-state index in [1.165, 1.54) is 9.25 Å². The Hall–Kier alpha value is -2.64. The maximum atomic E-state index is 12.9. The lowest BCUT2D eigenvalue weighted by Crippen LogP contribution is -2.42. The minimum absolute atomic E-state index is 0.00121. The summed E-state index contributed by atoms with van der Waals surface area (Å²) in [6.07, 6.45) is 3.31. The van der Waals surface area contributed by atoms with Gasteiger partial charge >= 0.3 is 5.69 Å². The van der Waals surface area contributed by atoms with Crippen LogP contribution >= 0.6 is 0 Å². The quantitative estimate of drug-likeness (QED) is 0.815. The summed E-state index contributed by atoms with van der Waals surface area (Å²) in [5.74, 6) is 0.438. The first kappa shape index (κ1) is 18.2. The third-order valence-electron chi connectivity index (χ3n) is 4.93. The number of pyridine rings is 1. The van der Waals surface area contributed by atoms with Gasteiger partial charge in [0, 0.05) is 45.3 Å². The van der Waals surface area contributed by atoms with Gasteiger partial charge in [-0.25, -0.2) is 9.48 Å². The van der Waals surface area contributed by atoms with E-state index >= 15 is 0 Å². The number of carbonyl (C=O) groups excluding carboxylic acids is 1. The van der Waals surface area contributed by atoms with Gasteiger partial charge in [-0.1, -0.05) is 0 Å². The van der Waals surface area contributed by atoms with Crippen molar-refractivity contribution in [1.29, 1.82) is 0 Å². The number of aryl methyl sites for hydroxylation is 2. The summed E-state index contributed by atoms with van der Waals surface area (Å²) in [6.45, 7) is 4.96. The number of hydrogen-bond donors (Lipinski definition) is 0. The number of carbonyl (C=O) groups is 1. The van der Waals surface area contributed by atoms with Crippen LogP contribution in [0, 0.1) is 0 Å². The van der Waals surface area contributed by atoms with Crippen molar-refractivity contribution in [3.63, 3.8) is 0 Å². The van der Waals surface area contributed by atoms with Gasteiger partial charge in [-0.2, -0.15) is 5.10 Å². The fourth-order valence-corrected chi connectivity index (χ4v) is 3.57. The van der Waals surface area contributed by atoms with E-state index in [1.807, 2.05) is 13.8 Å². The van der Waals surface area contributed by atoms with Crippen LogP contribution in [-0.4, -0.2) is 42.8 Å². The smallest absolute Gasteiger partial charge is 0.338 e. The number of aromatic nitrogens is 4. The van der Waals surface area contributed by atoms with E-state index in [0.29, 0.717) is 18.9 Å². The Morgan fingerprint density at radius 2 is 2.00 bits per heavy atom. The van der Waals surface area contributed by atoms with Gasteiger partial charge < -0.3 is 9.47 Å². The first-order chi connectivity index (χ1) is 12.3. The van der Waals surface area contributed by atoms with Crippen LogP contribution in [0.5, 0.6) is 0 Å². The molecule has 0 spiro atoms. The first-order valence-electron chi connectivity index (χ1n) is 8.91. The van der Waals surface area contributed by atoms with Gasteiger partial charge in [0.15, 0.2) is 0 Å². The minimum atomic E-state index is -0.295. The molecule has 1 unspecified atom stereocenters. The molecule has 1 aliphatic heterocycles. The monoisotopic (exact) mass is 359 g/mol. The second kappa shape index (κ2) is 6.93. The van der Waals surface area contributed by atoms with E-state index in [1.54, 1.807) is 41.9 Å². The molecule has 0 bridgehead atoms. The maximum absolute atomic E-state index is 12.9. The highest BCUT2D eigenvalue weighted by molar-refractivity contribution is 5.93. The highest BCUT2D eigenvalue weighted by Gasteiger charge is 2.31. The van der Waals surface area contributed by atoms with Crippen LogP contribution in [0.15, 0.2) is 27.9 Å². The van der Waals surface area contributed by atoms with Gasteiger partial charge in [0.1, 0.15) is 11.4 Å². The van der Waals surface area contributed by atoms with Crippen LogP contribution in [-0.2, 0) is 14.1 Å². The average Bonchev–Trinajstić information content (AvgIpc) is 2.92. The standard InChI is InChI=1S/C18H25N5O3/c1-12(2)23-15(19-21(4)18(23)26)13-7-5-10-22(11-13)17(25)14-8-6-9-20(3)16(14)24/h6,8-9,12-13H,5,7,10-11H2,1-4H3. The van der Waals surface area contributed by atoms with Crippen LogP contribution in [0.25, 0.3) is 0 Å². The minimum Gasteiger partial charge on any atom is -0.338 e. The van der Waals surface area contributed by atoms with Crippen molar-refractivity contribution in [2.45, 2.75) is 38.6 Å². The Morgan fingerprint density at radius 3 is 2.69 bits per heavy atom. The molecule has 0 saturated carbocycles. The molecule has 8 heteroatoms. The fraction of sp³-hybridized carbons (Fsp3) is 0.556. The summed E-state index contributed by atoms with van der Waals surface area (Å²) in [6, 6.07) is 3.27. The van der Waals surface area contributed by atoms with E-state index in [9.17, 15) is 14.4 Å². The largest absolute Gasteiger partial charge is 0.345 e. The Morgan fingerprint density at radius 1 is 1.27 bits per heavy atom. The predicted octanol–water partition coefficient (Wildman–Crippen LogP) is 0.881. The van der Waals surface area contributed by atoms with Crippen molar-refractivity contribution in [2.75, 3.05) is 13.1 Å². The zero-order chi connectivity index (χ0) is 19.0. The van der Waals surface area contributed by atoms with Crippen molar-refractivity contribution in [1.82, 2.24) is 23.8 Å². The Labute approximate surface area is 151 Å². The fourth-order valence-electron chi connectivity index (χ4n) is 3.57. The molecular formula is C18H25N5O3. The van der Waals surface area contributed by atoms with E-state index < -0.39 is 0 Å². The summed E-state index contributed by atoms with van der Waals surface area (Å²) < 4.78 is 4.45. The van der Waals surface area contributed by atoms with Gasteiger partial charge in [0.05, 0.1) is 0 Å². The van der Waals surface area contributed by atoms with Crippen LogP contribution in [0.4, 0.5) is 0 Å². The van der Waals surface area contributed by atoms with Crippen molar-refractivity contribution < 1.29 is 4.79 Å². The number of amides is 1. The number of piperidine rings is 1. The molecule has 0 aromatic carbocycles. The second-order valence-electron chi connectivity index (χ2n) is 7.16. The molecule has 1 fully saturated rings. The highest BCUT2D eigenvalue weighted by atomic mass is 16.2. The molecule has 3 rings (SSSR count). The Kier molecular flexibility index (Phi) is 4.84. The predicted molar refractivity (Wildman–Crippen MR) is 97.4 cm³/mol. The number of likely N-dealkylation sites (tertiary alicyclic amines) is 1. The van der Waals surface area contributed by atoms with E-state index in [4.69, 9.17) is 0 Å². The van der Waals surface area contributed by atoms with Crippen molar-refractivity contribution in [3.8, 4) is 0 Å². The molecule has 1 amide bonds. The summed E-state index contributed by atoms with van der Waals surface area (Å²) in [5.41, 5.74) is -0.259. The van der Waals surface area contributed by atoms with Crippen LogP contribution in [0.2, 0.25) is 0 Å². The van der Waals surface area contributed by atoms with Gasteiger partial charge in [0.25, 0.3) is 11.5 Å². The summed E-state index contributed by atoms with van der Waals surface area (Å²) in [7, 11) is 3.28. The molecule has 8 nitrogen and oxygen atoms in total. The molecule has 1 saturated heterocycles. The van der Waals surface area contributed by atoms with Gasteiger partial charge in [-0.3, -0.25) is 14.2 Å². The first-order valence-corrected chi connectivity index (χ1v) is 8.91. The molecule has 26 heavy (non-hydrogen) atoms. The molecule has 2 aromatic heterocycles. The van der Waals surface area contributed by atoms with Crippen molar-refractivity contribution >= 4 is 5.91 Å². The molecule has 2 aromatic rings. The third-order valence-corrected chi connectivity index (χ3v) is 4.93. The van der Waals surface area contributed by atoms with E-state index in [-0.39, 0.29) is 34.7 Å². The zero-order valence-electron chi connectivity index (χ0n) is 15.7. The van der Waals surface area contributed by atoms with E-state index in [0.717, 1.165) is 12.8 Å². The summed E-state index contributed by atoms with van der Waals surface area (Å²) >= 11 is 0. The highest BCUT2D eigenvalue weighted by Crippen LogP contribution is 2.27. The van der Waals surface area contributed by atoms with E-state index in [2.05, 4.69) is 5.10 Å². The van der Waals surface area contributed by atoms with Crippen LogP contribution in [0.3, 0.4) is 0 Å². The molecule has 1 atom stereocenters. The van der Waals surface area contributed by atoms with Gasteiger partial charge in [-0.15, -0.1) is 0 Å². The maximum Gasteiger partial charge on any atom is 0.345 e. The summed E-state index contributed by atoms with van der Waals surface area (Å²) in [4.78, 5) is 39.1. The normalized spacial score (nSPS) is 17.7. The lowest BCUT2D eigenvalue weighted by molar-refractivity contribution is 0.0700. The Bertz CT molecular complexity index is 937. The lowest BCUT2D eigenvalue weighted by atomic mass is 9.96. The van der Waals surface area contributed by atoms with Crippen molar-refractivity contribution in [3.05, 3.63) is 50.6 Å². The van der Waals surface area contributed by atoms with Crippen LogP contribution in [0.1, 0.15) is 54.8 Å². The third kappa shape index (κ3) is 3.11. The topological polar surface area (TPSA) is 82.1 Å².